The van der Waals surface area contributed by atoms with Crippen molar-refractivity contribution < 1.29 is 28.8 Å². The minimum absolute atomic E-state index is 0.00839. The van der Waals surface area contributed by atoms with E-state index in [2.05, 4.69) is 15.9 Å². The van der Waals surface area contributed by atoms with Gasteiger partial charge in [-0.3, -0.25) is 24.6 Å². The average Bonchev–Trinajstić information content (AvgIpc) is 3.13. The zero-order valence-electron chi connectivity index (χ0n) is 18.7. The minimum Gasteiger partial charge on any atom is -0.493 e. The van der Waals surface area contributed by atoms with Crippen LogP contribution in [0.2, 0.25) is 0 Å². The SMILES string of the molecule is COc1cc(/C=C2\SC(=O)N(Cc3ccccc3Br)C2=O)ccc1OC(=O)c1cccc([N+](=O)[O-])c1. The number of halogens is 1. The van der Waals surface area contributed by atoms with Gasteiger partial charge in [-0.25, -0.2) is 4.79 Å². The molecule has 11 heteroatoms. The number of hydrogen-bond donors (Lipinski definition) is 0. The lowest BCUT2D eigenvalue weighted by Gasteiger charge is -2.13. The quantitative estimate of drug-likeness (QED) is 0.115. The number of nitrogens with zero attached hydrogens (tertiary/aromatic N) is 2. The second kappa shape index (κ2) is 10.8. The number of methoxy groups -OCH3 is 1. The van der Waals surface area contributed by atoms with Crippen molar-refractivity contribution in [3.05, 3.63) is 103 Å². The first-order valence-electron chi connectivity index (χ1n) is 10.4. The second-order valence-electron chi connectivity index (χ2n) is 7.47. The summed E-state index contributed by atoms with van der Waals surface area (Å²) >= 11 is 4.26. The molecule has 1 aliphatic heterocycles. The van der Waals surface area contributed by atoms with E-state index in [1.165, 1.54) is 36.3 Å². The summed E-state index contributed by atoms with van der Waals surface area (Å²) in [5, 5.41) is 10.6. The molecule has 1 heterocycles. The van der Waals surface area contributed by atoms with Gasteiger partial charge in [-0.1, -0.05) is 46.3 Å². The van der Waals surface area contributed by atoms with E-state index < -0.39 is 16.8 Å². The second-order valence-corrected chi connectivity index (χ2v) is 9.31. The van der Waals surface area contributed by atoms with Crippen LogP contribution in [-0.4, -0.2) is 34.0 Å². The van der Waals surface area contributed by atoms with Crippen molar-refractivity contribution in [3.63, 3.8) is 0 Å². The molecule has 0 spiro atoms. The highest BCUT2D eigenvalue weighted by Gasteiger charge is 2.35. The van der Waals surface area contributed by atoms with Gasteiger partial charge in [-0.15, -0.1) is 0 Å². The Hall–Kier alpha value is -3.96. The maximum absolute atomic E-state index is 12.9. The Labute approximate surface area is 218 Å². The first-order chi connectivity index (χ1) is 17.3. The summed E-state index contributed by atoms with van der Waals surface area (Å²) in [6.07, 6.45) is 1.56. The van der Waals surface area contributed by atoms with Gasteiger partial charge < -0.3 is 9.47 Å². The van der Waals surface area contributed by atoms with Crippen LogP contribution in [-0.2, 0) is 11.3 Å². The van der Waals surface area contributed by atoms with Gasteiger partial charge in [0.2, 0.25) is 0 Å². The normalized spacial score (nSPS) is 14.3. The molecule has 0 N–H and O–H groups in total. The number of carbonyl (C=O) groups is 3. The van der Waals surface area contributed by atoms with E-state index in [0.717, 1.165) is 27.9 Å². The lowest BCUT2D eigenvalue weighted by molar-refractivity contribution is -0.384. The molecule has 2 amide bonds. The Morgan fingerprint density at radius 2 is 1.86 bits per heavy atom. The van der Waals surface area contributed by atoms with Crippen molar-refractivity contribution in [1.29, 1.82) is 0 Å². The number of rotatable bonds is 7. The highest BCUT2D eigenvalue weighted by Crippen LogP contribution is 2.36. The van der Waals surface area contributed by atoms with Crippen molar-refractivity contribution in [2.24, 2.45) is 0 Å². The molecule has 0 aliphatic carbocycles. The van der Waals surface area contributed by atoms with Crippen LogP contribution in [0.3, 0.4) is 0 Å². The van der Waals surface area contributed by atoms with Crippen LogP contribution in [0.4, 0.5) is 10.5 Å². The van der Waals surface area contributed by atoms with Crippen molar-refractivity contribution in [2.75, 3.05) is 7.11 Å². The molecular weight excluding hydrogens is 552 g/mol. The van der Waals surface area contributed by atoms with Crippen LogP contribution in [0.25, 0.3) is 6.08 Å². The number of hydrogen-bond acceptors (Lipinski definition) is 8. The molecule has 36 heavy (non-hydrogen) atoms. The number of non-ortho nitro benzene ring substituents is 1. The number of benzene rings is 3. The van der Waals surface area contributed by atoms with Crippen molar-refractivity contribution in [1.82, 2.24) is 4.90 Å². The van der Waals surface area contributed by atoms with Gasteiger partial charge in [0.25, 0.3) is 16.8 Å². The molecule has 0 unspecified atom stereocenters. The summed E-state index contributed by atoms with van der Waals surface area (Å²) in [4.78, 5) is 49.6. The molecule has 3 aromatic rings. The molecule has 182 valence electrons. The molecule has 0 radical (unpaired) electrons. The Bertz CT molecular complexity index is 1420. The molecule has 9 nitrogen and oxygen atoms in total. The Morgan fingerprint density at radius 3 is 2.58 bits per heavy atom. The third kappa shape index (κ3) is 5.47. The van der Waals surface area contributed by atoms with Gasteiger partial charge in [0.15, 0.2) is 11.5 Å². The Balaban J connectivity index is 1.52. The van der Waals surface area contributed by atoms with Crippen molar-refractivity contribution in [3.8, 4) is 11.5 Å². The lowest BCUT2D eigenvalue weighted by Crippen LogP contribution is -2.27. The molecule has 4 rings (SSSR count). The van der Waals surface area contributed by atoms with E-state index >= 15 is 0 Å². The van der Waals surface area contributed by atoms with E-state index in [1.54, 1.807) is 18.2 Å². The predicted molar refractivity (Wildman–Crippen MR) is 137 cm³/mol. The van der Waals surface area contributed by atoms with Gasteiger partial charge in [0.05, 0.1) is 29.0 Å². The number of carbonyl (C=O) groups excluding carboxylic acids is 3. The number of nitro groups is 1. The van der Waals surface area contributed by atoms with Crippen LogP contribution < -0.4 is 9.47 Å². The van der Waals surface area contributed by atoms with Crippen molar-refractivity contribution in [2.45, 2.75) is 6.54 Å². The first-order valence-corrected chi connectivity index (χ1v) is 12.0. The van der Waals surface area contributed by atoms with Crippen LogP contribution >= 0.6 is 27.7 Å². The Kier molecular flexibility index (Phi) is 7.51. The summed E-state index contributed by atoms with van der Waals surface area (Å²) in [6.45, 7) is 0.138. The van der Waals surface area contributed by atoms with Gasteiger partial charge >= 0.3 is 5.97 Å². The zero-order valence-corrected chi connectivity index (χ0v) is 21.1. The molecule has 0 saturated carbocycles. The van der Waals surface area contributed by atoms with Crippen molar-refractivity contribution >= 4 is 56.6 Å². The smallest absolute Gasteiger partial charge is 0.343 e. The third-order valence-electron chi connectivity index (χ3n) is 5.14. The van der Waals surface area contributed by atoms with E-state index in [4.69, 9.17) is 9.47 Å². The number of thioether (sulfide) groups is 1. The highest BCUT2D eigenvalue weighted by molar-refractivity contribution is 9.10. The average molecular weight is 569 g/mol. The molecule has 3 aromatic carbocycles. The van der Waals surface area contributed by atoms with Gasteiger partial charge in [-0.2, -0.15) is 0 Å². The van der Waals surface area contributed by atoms with Gasteiger partial charge in [0, 0.05) is 16.6 Å². The highest BCUT2D eigenvalue weighted by atomic mass is 79.9. The van der Waals surface area contributed by atoms with Gasteiger partial charge in [0.1, 0.15) is 0 Å². The van der Waals surface area contributed by atoms with Crippen LogP contribution in [0.15, 0.2) is 76.1 Å². The molecular formula is C25H17BrN2O7S. The molecule has 0 aromatic heterocycles. The van der Waals surface area contributed by atoms with E-state index in [0.29, 0.717) is 5.56 Å². The molecule has 0 atom stereocenters. The fraction of sp³-hybridized carbons (Fsp3) is 0.0800. The van der Waals surface area contributed by atoms with Crippen LogP contribution in [0, 0.1) is 10.1 Å². The molecule has 0 bridgehead atoms. The maximum atomic E-state index is 12.9. The largest absolute Gasteiger partial charge is 0.493 e. The number of nitro benzene ring substituents is 1. The standard InChI is InChI=1S/C25H17BrN2O7S/c1-34-21-11-15(9-10-20(21)35-24(30)16-6-4-7-18(13-16)28(32)33)12-22-23(29)27(25(31)36-22)14-17-5-2-3-8-19(17)26/h2-13H,14H2,1H3/b22-12-. The van der Waals surface area contributed by atoms with Crippen LogP contribution in [0.1, 0.15) is 21.5 Å². The maximum Gasteiger partial charge on any atom is 0.343 e. The van der Waals surface area contributed by atoms with E-state index in [1.807, 2.05) is 24.3 Å². The molecule has 1 fully saturated rings. The fourth-order valence-electron chi connectivity index (χ4n) is 3.35. The summed E-state index contributed by atoms with van der Waals surface area (Å²) in [7, 11) is 1.38. The Morgan fingerprint density at radius 1 is 1.08 bits per heavy atom. The summed E-state index contributed by atoms with van der Waals surface area (Å²) in [5.74, 6) is -0.915. The summed E-state index contributed by atoms with van der Waals surface area (Å²) < 4.78 is 11.5. The zero-order chi connectivity index (χ0) is 25.8. The van der Waals surface area contributed by atoms with E-state index in [9.17, 15) is 24.5 Å². The lowest BCUT2D eigenvalue weighted by atomic mass is 10.1. The minimum atomic E-state index is -0.794. The van der Waals surface area contributed by atoms with Crippen LogP contribution in [0.5, 0.6) is 11.5 Å². The summed E-state index contributed by atoms with van der Waals surface area (Å²) in [5.41, 5.74) is 1.13. The number of esters is 1. The monoisotopic (exact) mass is 568 g/mol. The van der Waals surface area contributed by atoms with E-state index in [-0.39, 0.29) is 39.4 Å². The number of amides is 2. The number of ether oxygens (including phenoxy) is 2. The summed E-state index contributed by atoms with van der Waals surface area (Å²) in [6, 6.07) is 17.1. The molecule has 1 saturated heterocycles. The first kappa shape index (κ1) is 25.1. The van der Waals surface area contributed by atoms with Gasteiger partial charge in [-0.05, 0) is 53.2 Å². The molecule has 1 aliphatic rings. The third-order valence-corrected chi connectivity index (χ3v) is 6.82. The topological polar surface area (TPSA) is 116 Å². The fourth-order valence-corrected chi connectivity index (χ4v) is 4.60. The predicted octanol–water partition coefficient (Wildman–Crippen LogP) is 5.82. The number of imide groups is 1.